The van der Waals surface area contributed by atoms with Crippen molar-refractivity contribution in [2.75, 3.05) is 23.6 Å². The number of hydrogen-bond acceptors (Lipinski definition) is 10. The highest BCUT2D eigenvalue weighted by Gasteiger charge is 2.29. The lowest BCUT2D eigenvalue weighted by molar-refractivity contribution is -0.124. The van der Waals surface area contributed by atoms with Crippen molar-refractivity contribution in [3.05, 3.63) is 70.4 Å². The second-order valence-electron chi connectivity index (χ2n) is 9.46. The smallest absolute Gasteiger partial charge is 0.340 e. The Kier molecular flexibility index (Phi) is 7.79. The van der Waals surface area contributed by atoms with Crippen molar-refractivity contribution >= 4 is 55.0 Å². The SMILES string of the molecule is CCC(OC(=O)c1c2c(nc3ccccc13)CCN(C)C2)C(=O)Nc1ccc(S(=O)(=O)Nc2nnc(C)s2)cc1. The molecule has 2 aromatic carbocycles. The van der Waals surface area contributed by atoms with Crippen molar-refractivity contribution in [3.63, 3.8) is 0 Å². The van der Waals surface area contributed by atoms with Gasteiger partial charge in [0.05, 0.1) is 16.0 Å². The molecule has 1 amide bonds. The van der Waals surface area contributed by atoms with Gasteiger partial charge in [-0.2, -0.15) is 0 Å². The van der Waals surface area contributed by atoms with E-state index < -0.39 is 28.0 Å². The molecule has 0 bridgehead atoms. The maximum Gasteiger partial charge on any atom is 0.340 e. The predicted octanol–water partition coefficient (Wildman–Crippen LogP) is 3.76. The van der Waals surface area contributed by atoms with Crippen LogP contribution < -0.4 is 10.0 Å². The lowest BCUT2D eigenvalue weighted by Gasteiger charge is -2.27. The topological polar surface area (TPSA) is 143 Å². The number of ether oxygens (including phenoxy) is 1. The third kappa shape index (κ3) is 5.81. The zero-order valence-corrected chi connectivity index (χ0v) is 23.8. The zero-order chi connectivity index (χ0) is 28.4. The van der Waals surface area contributed by atoms with Crippen LogP contribution in [-0.4, -0.2) is 60.1 Å². The van der Waals surface area contributed by atoms with Gasteiger partial charge in [-0.05, 0) is 50.7 Å². The van der Waals surface area contributed by atoms with Gasteiger partial charge in [0, 0.05) is 41.8 Å². The number of nitrogens with zero attached hydrogens (tertiary/aromatic N) is 4. The summed E-state index contributed by atoms with van der Waals surface area (Å²) in [5.41, 5.74) is 3.19. The molecule has 13 heteroatoms. The predicted molar refractivity (Wildman–Crippen MR) is 152 cm³/mol. The number of para-hydroxylation sites is 1. The molecular weight excluding hydrogens is 552 g/mol. The van der Waals surface area contributed by atoms with Crippen molar-refractivity contribution in [3.8, 4) is 0 Å². The fourth-order valence-corrected chi connectivity index (χ4v) is 6.34. The number of aryl methyl sites for hydroxylation is 1. The van der Waals surface area contributed by atoms with E-state index in [0.29, 0.717) is 33.7 Å². The Labute approximate surface area is 235 Å². The number of carbonyl (C=O) groups is 2. The van der Waals surface area contributed by atoms with Gasteiger partial charge in [-0.15, -0.1) is 10.2 Å². The van der Waals surface area contributed by atoms with Gasteiger partial charge in [0.25, 0.3) is 15.9 Å². The van der Waals surface area contributed by atoms with Gasteiger partial charge in [0.1, 0.15) is 5.01 Å². The summed E-state index contributed by atoms with van der Waals surface area (Å²) >= 11 is 1.12. The molecule has 5 rings (SSSR count). The van der Waals surface area contributed by atoms with E-state index in [1.54, 1.807) is 13.8 Å². The minimum atomic E-state index is -3.88. The molecule has 0 radical (unpaired) electrons. The molecule has 4 aromatic rings. The highest BCUT2D eigenvalue weighted by atomic mass is 32.2. The number of benzene rings is 2. The fraction of sp³-hybridized carbons (Fsp3) is 0.296. The minimum Gasteiger partial charge on any atom is -0.449 e. The molecule has 1 atom stereocenters. The summed E-state index contributed by atoms with van der Waals surface area (Å²) in [6, 6.07) is 13.1. The summed E-state index contributed by atoms with van der Waals surface area (Å²) < 4.78 is 33.4. The minimum absolute atomic E-state index is 0.00358. The average Bonchev–Trinajstić information content (AvgIpc) is 3.34. The molecule has 2 N–H and O–H groups in total. The largest absolute Gasteiger partial charge is 0.449 e. The third-order valence-electron chi connectivity index (χ3n) is 6.53. The van der Waals surface area contributed by atoms with Crippen LogP contribution in [0.25, 0.3) is 10.9 Å². The van der Waals surface area contributed by atoms with E-state index in [-0.39, 0.29) is 16.4 Å². The van der Waals surface area contributed by atoms with Crippen molar-refractivity contribution in [1.29, 1.82) is 0 Å². The second kappa shape index (κ2) is 11.3. The van der Waals surface area contributed by atoms with Crippen LogP contribution in [-0.2, 0) is 32.5 Å². The Bertz CT molecular complexity index is 1690. The van der Waals surface area contributed by atoms with Gasteiger partial charge in [-0.3, -0.25) is 14.5 Å². The molecule has 0 aliphatic carbocycles. The van der Waals surface area contributed by atoms with Crippen molar-refractivity contribution < 1.29 is 22.7 Å². The van der Waals surface area contributed by atoms with Crippen LogP contribution in [0.3, 0.4) is 0 Å². The van der Waals surface area contributed by atoms with E-state index in [0.717, 1.165) is 35.6 Å². The number of esters is 1. The van der Waals surface area contributed by atoms with Gasteiger partial charge < -0.3 is 15.0 Å². The molecule has 3 heterocycles. The number of rotatable bonds is 8. The number of carbonyl (C=O) groups excluding carboxylic acids is 2. The molecule has 40 heavy (non-hydrogen) atoms. The Hall–Kier alpha value is -3.94. The number of sulfonamides is 1. The molecule has 11 nitrogen and oxygen atoms in total. The summed E-state index contributed by atoms with van der Waals surface area (Å²) in [5, 5.41) is 11.8. The van der Waals surface area contributed by atoms with E-state index in [1.807, 2.05) is 31.3 Å². The van der Waals surface area contributed by atoms with Crippen LogP contribution in [0.5, 0.6) is 0 Å². The Balaban J connectivity index is 1.31. The molecule has 0 fully saturated rings. The van der Waals surface area contributed by atoms with Gasteiger partial charge in [0.15, 0.2) is 6.10 Å². The highest BCUT2D eigenvalue weighted by Crippen LogP contribution is 2.29. The number of fused-ring (bicyclic) bond motifs is 2. The maximum atomic E-state index is 13.5. The first-order chi connectivity index (χ1) is 19.1. The summed E-state index contributed by atoms with van der Waals surface area (Å²) in [5.74, 6) is -1.09. The first-order valence-electron chi connectivity index (χ1n) is 12.7. The first kappa shape index (κ1) is 27.6. The summed E-state index contributed by atoms with van der Waals surface area (Å²) in [6.07, 6.45) is -0.0848. The Morgan fingerprint density at radius 2 is 1.88 bits per heavy atom. The van der Waals surface area contributed by atoms with Crippen LogP contribution >= 0.6 is 11.3 Å². The normalized spacial score (nSPS) is 14.4. The fourth-order valence-electron chi connectivity index (χ4n) is 4.52. The number of anilines is 2. The number of amides is 1. The second-order valence-corrected chi connectivity index (χ2v) is 12.3. The molecule has 0 spiro atoms. The lowest BCUT2D eigenvalue weighted by atomic mass is 9.96. The standard InChI is InChI=1S/C27H28N6O5S2/c1-4-23(25(34)28-17-9-11-18(12-10-17)40(36,37)32-27-31-30-16(2)39-27)38-26(35)24-19-7-5-6-8-21(19)29-22-13-14-33(3)15-20(22)24/h5-12,23H,4,13-15H2,1-3H3,(H,28,34)(H,31,32). The third-order valence-corrected chi connectivity index (χ3v) is 8.77. The van der Waals surface area contributed by atoms with Crippen molar-refractivity contribution in [2.45, 2.75) is 44.2 Å². The average molecular weight is 581 g/mol. The molecule has 1 unspecified atom stereocenters. The Morgan fingerprint density at radius 1 is 1.12 bits per heavy atom. The van der Waals surface area contributed by atoms with E-state index in [9.17, 15) is 18.0 Å². The van der Waals surface area contributed by atoms with Gasteiger partial charge in [-0.25, -0.2) is 13.2 Å². The summed E-state index contributed by atoms with van der Waals surface area (Å²) in [6.45, 7) is 4.87. The van der Waals surface area contributed by atoms with Crippen molar-refractivity contribution in [1.82, 2.24) is 20.1 Å². The van der Waals surface area contributed by atoms with Crippen LogP contribution in [0.1, 0.15) is 40.0 Å². The van der Waals surface area contributed by atoms with Crippen LogP contribution in [0.4, 0.5) is 10.8 Å². The van der Waals surface area contributed by atoms with Gasteiger partial charge in [-0.1, -0.05) is 36.5 Å². The molecular formula is C27H28N6O5S2. The van der Waals surface area contributed by atoms with E-state index in [4.69, 9.17) is 9.72 Å². The van der Waals surface area contributed by atoms with Gasteiger partial charge in [0.2, 0.25) is 5.13 Å². The number of nitrogens with one attached hydrogen (secondary N) is 2. The van der Waals surface area contributed by atoms with E-state index in [2.05, 4.69) is 25.1 Å². The van der Waals surface area contributed by atoms with Gasteiger partial charge >= 0.3 is 5.97 Å². The highest BCUT2D eigenvalue weighted by molar-refractivity contribution is 7.93. The van der Waals surface area contributed by atoms with E-state index in [1.165, 1.54) is 24.3 Å². The monoisotopic (exact) mass is 580 g/mol. The zero-order valence-electron chi connectivity index (χ0n) is 22.2. The van der Waals surface area contributed by atoms with Crippen LogP contribution in [0.15, 0.2) is 53.4 Å². The number of pyridine rings is 1. The molecule has 0 saturated heterocycles. The number of likely N-dealkylation sites (N-methyl/N-ethyl adjacent to an activating group) is 1. The number of aromatic nitrogens is 3. The molecule has 2 aromatic heterocycles. The summed E-state index contributed by atoms with van der Waals surface area (Å²) in [7, 11) is -1.89. The molecule has 1 aliphatic rings. The molecule has 0 saturated carbocycles. The Morgan fingerprint density at radius 3 is 2.58 bits per heavy atom. The van der Waals surface area contributed by atoms with E-state index >= 15 is 0 Å². The molecule has 208 valence electrons. The number of hydrogen-bond donors (Lipinski definition) is 2. The maximum absolute atomic E-state index is 13.5. The first-order valence-corrected chi connectivity index (χ1v) is 15.0. The van der Waals surface area contributed by atoms with Crippen molar-refractivity contribution in [2.24, 2.45) is 0 Å². The van der Waals surface area contributed by atoms with Crippen LogP contribution in [0.2, 0.25) is 0 Å². The molecule has 1 aliphatic heterocycles. The van der Waals surface area contributed by atoms with Crippen LogP contribution in [0, 0.1) is 6.92 Å². The lowest BCUT2D eigenvalue weighted by Crippen LogP contribution is -2.34. The summed E-state index contributed by atoms with van der Waals surface area (Å²) in [4.78, 5) is 33.5. The quantitative estimate of drug-likeness (QED) is 0.298.